The van der Waals surface area contributed by atoms with Gasteiger partial charge in [-0.1, -0.05) is 113 Å². The van der Waals surface area contributed by atoms with E-state index < -0.39 is 22.0 Å². The molecule has 5 rings (SSSR count). The summed E-state index contributed by atoms with van der Waals surface area (Å²) in [7, 11) is 0.729. The second-order valence-electron chi connectivity index (χ2n) is 20.8. The molecule has 8 nitrogen and oxygen atoms in total. The maximum Gasteiger partial charge on any atom is 0.228 e. The van der Waals surface area contributed by atoms with Crippen LogP contribution in [0.1, 0.15) is 118 Å². The predicted octanol–water partition coefficient (Wildman–Crippen LogP) is 13.7. The predicted molar refractivity (Wildman–Crippen MR) is 261 cm³/mol. The summed E-state index contributed by atoms with van der Waals surface area (Å²) in [5.41, 5.74) is 6.86. The van der Waals surface area contributed by atoms with E-state index in [0.29, 0.717) is 60.1 Å². The number of benzene rings is 4. The topological polar surface area (TPSA) is 75.7 Å². The number of methoxy groups -OCH3 is 3. The van der Waals surface area contributed by atoms with E-state index in [9.17, 15) is 4.79 Å². The first-order valence-corrected chi connectivity index (χ1v) is 27.7. The largest absolute Gasteiger partial charge is 0.496 e. The molecule has 4 aromatic rings. The van der Waals surface area contributed by atoms with Crippen molar-refractivity contribution in [3.63, 3.8) is 0 Å². The van der Waals surface area contributed by atoms with E-state index in [1.165, 1.54) is 0 Å². The number of hydrogen-bond acceptors (Lipinski definition) is 7. The third kappa shape index (κ3) is 9.64. The normalized spacial score (nSPS) is 16.3. The van der Waals surface area contributed by atoms with Crippen LogP contribution >= 0.6 is 0 Å². The van der Waals surface area contributed by atoms with Crippen molar-refractivity contribution in [2.45, 2.75) is 156 Å². The lowest BCUT2D eigenvalue weighted by atomic mass is 9.80. The Morgan fingerprint density at radius 2 is 1.35 bits per heavy atom. The molecular weight excluding hydrogens is 807 g/mol. The summed E-state index contributed by atoms with van der Waals surface area (Å²) in [6, 6.07) is 20.4. The lowest BCUT2D eigenvalue weighted by Crippen LogP contribution is -2.54. The lowest BCUT2D eigenvalue weighted by Gasteiger charge is -2.47. The number of hydrogen-bond donors (Lipinski definition) is 0. The maximum atomic E-state index is 14.5. The van der Waals surface area contributed by atoms with Gasteiger partial charge < -0.3 is 32.7 Å². The Morgan fingerprint density at radius 3 is 1.89 bits per heavy atom. The van der Waals surface area contributed by atoms with E-state index in [2.05, 4.69) is 130 Å². The Bertz CT molecular complexity index is 2160. The molecule has 2 atom stereocenters. The zero-order valence-electron chi connectivity index (χ0n) is 41.3. The monoisotopic (exact) mass is 884 g/mol. The summed E-state index contributed by atoms with van der Waals surface area (Å²) in [6.07, 6.45) is 0.574. The van der Waals surface area contributed by atoms with Crippen molar-refractivity contribution in [3.8, 4) is 34.1 Å². The number of rotatable bonds is 16. The maximum absolute atomic E-state index is 14.5. The van der Waals surface area contributed by atoms with Gasteiger partial charge in [-0.05, 0) is 112 Å². The zero-order valence-corrected chi connectivity index (χ0v) is 43.3. The average molecular weight is 884 g/mol. The van der Waals surface area contributed by atoms with Crippen molar-refractivity contribution in [1.29, 1.82) is 0 Å². The van der Waals surface area contributed by atoms with E-state index in [0.717, 1.165) is 49.9 Å². The van der Waals surface area contributed by atoms with Gasteiger partial charge in [0.05, 0.1) is 52.0 Å². The molecule has 10 heteroatoms. The minimum Gasteiger partial charge on any atom is -0.496 e. The van der Waals surface area contributed by atoms with Crippen LogP contribution in [0.4, 0.5) is 0 Å². The minimum atomic E-state index is -2.21. The molecule has 1 aliphatic heterocycles. The molecule has 0 N–H and O–H groups in total. The van der Waals surface area contributed by atoms with Gasteiger partial charge in [-0.3, -0.25) is 4.79 Å². The van der Waals surface area contributed by atoms with Crippen molar-refractivity contribution >= 4 is 33.3 Å². The van der Waals surface area contributed by atoms with Crippen LogP contribution in [0.15, 0.2) is 60.7 Å². The molecule has 0 bridgehead atoms. The number of fused-ring (bicyclic) bond motifs is 2. The van der Waals surface area contributed by atoms with E-state index in [-0.39, 0.29) is 23.0 Å². The number of carbonyl (C=O) groups is 1. The van der Waals surface area contributed by atoms with Crippen LogP contribution in [-0.4, -0.2) is 61.4 Å². The Balaban J connectivity index is 1.82. The smallest absolute Gasteiger partial charge is 0.228 e. The Hall–Kier alpha value is -3.84. The fraction of sp³-hybridized carbons (Fsp3) is 0.558. The van der Waals surface area contributed by atoms with Gasteiger partial charge >= 0.3 is 0 Å². The molecule has 0 saturated carbocycles. The van der Waals surface area contributed by atoms with Crippen LogP contribution in [0.5, 0.6) is 23.0 Å². The Kier molecular flexibility index (Phi) is 15.2. The molecule has 0 aliphatic carbocycles. The SMILES string of the molecule is COc1cc2c(c(-c3ccc(OCc4ccccc4)c4c(OC)cc(CO[Si](C(C)C)(C(C)C)C(C)C)cc34)c1OC)C[C@@H](CO[Si](C)(C)C(C)(C)C)N(C(=O)C(C)(C)C)[C@H]2C. The summed E-state index contributed by atoms with van der Waals surface area (Å²) < 4.78 is 39.7. The number of nitrogens with zero attached hydrogens (tertiary/aromatic N) is 1. The summed E-state index contributed by atoms with van der Waals surface area (Å²) in [5.74, 6) is 2.78. The van der Waals surface area contributed by atoms with Gasteiger partial charge in [-0.15, -0.1) is 0 Å². The second-order valence-corrected chi connectivity index (χ2v) is 31.1. The first-order chi connectivity index (χ1) is 28.9. The average Bonchev–Trinajstić information content (AvgIpc) is 3.20. The number of amides is 1. The number of ether oxygens (including phenoxy) is 4. The van der Waals surface area contributed by atoms with Gasteiger partial charge in [0.2, 0.25) is 14.2 Å². The van der Waals surface area contributed by atoms with Gasteiger partial charge in [-0.2, -0.15) is 0 Å². The minimum absolute atomic E-state index is 0.0111. The van der Waals surface area contributed by atoms with E-state index in [1.54, 1.807) is 21.3 Å². The molecule has 4 aromatic carbocycles. The molecule has 0 fully saturated rings. The van der Waals surface area contributed by atoms with Crippen molar-refractivity contribution in [1.82, 2.24) is 4.90 Å². The molecule has 1 aliphatic rings. The molecule has 0 saturated heterocycles. The highest BCUT2D eigenvalue weighted by Gasteiger charge is 2.46. The Labute approximate surface area is 376 Å². The highest BCUT2D eigenvalue weighted by molar-refractivity contribution is 6.77. The molecular formula is C52H77NO7Si2. The first kappa shape index (κ1) is 49.2. The van der Waals surface area contributed by atoms with Crippen molar-refractivity contribution < 1.29 is 32.6 Å². The van der Waals surface area contributed by atoms with Crippen LogP contribution in [0.25, 0.3) is 21.9 Å². The summed E-state index contributed by atoms with van der Waals surface area (Å²) in [6.45, 7) is 34.7. The fourth-order valence-electron chi connectivity index (χ4n) is 9.62. The second kappa shape index (κ2) is 19.1. The summed E-state index contributed by atoms with van der Waals surface area (Å²) in [4.78, 5) is 16.6. The molecule has 1 amide bonds. The van der Waals surface area contributed by atoms with Crippen LogP contribution in [-0.2, 0) is 33.3 Å². The van der Waals surface area contributed by atoms with Gasteiger partial charge in [0, 0.05) is 11.0 Å². The van der Waals surface area contributed by atoms with Crippen molar-refractivity contribution in [2.24, 2.45) is 5.41 Å². The molecule has 0 radical (unpaired) electrons. The van der Waals surface area contributed by atoms with Crippen LogP contribution in [0.3, 0.4) is 0 Å². The highest BCUT2D eigenvalue weighted by atomic mass is 28.4. The quantitative estimate of drug-likeness (QED) is 0.104. The van der Waals surface area contributed by atoms with Crippen LogP contribution in [0.2, 0.25) is 34.8 Å². The third-order valence-electron chi connectivity index (χ3n) is 13.9. The van der Waals surface area contributed by atoms with E-state index >= 15 is 0 Å². The first-order valence-electron chi connectivity index (χ1n) is 22.6. The summed E-state index contributed by atoms with van der Waals surface area (Å²) in [5, 5.41) is 1.84. The summed E-state index contributed by atoms with van der Waals surface area (Å²) >= 11 is 0. The standard InChI is InChI=1S/C52H77NO7Si2/c1-33(2)62(34(3)4,35(5)6)60-31-38-26-42-40(24-25-44(48(42)45(27-38)55-14)58-30-37-22-20-19-21-23-37)47-43-28-39(32-59-61(17,18)52(11,12)13)53(50(54)51(8,9)10)36(7)41(43)29-46(56-15)49(47)57-16/h19-27,29,33-36,39H,28,30-32H2,1-18H3/t36-,39-/m0/s1. The molecule has 1 heterocycles. The van der Waals surface area contributed by atoms with Crippen molar-refractivity contribution in [2.75, 3.05) is 27.9 Å². The van der Waals surface area contributed by atoms with E-state index in [4.69, 9.17) is 27.8 Å². The molecule has 340 valence electrons. The number of carbonyl (C=O) groups excluding carboxylic acids is 1. The molecule has 0 spiro atoms. The molecule has 0 unspecified atom stereocenters. The third-order valence-corrected chi connectivity index (χ3v) is 24.4. The van der Waals surface area contributed by atoms with E-state index in [1.807, 2.05) is 39.0 Å². The fourth-order valence-corrected chi connectivity index (χ4v) is 16.1. The molecule has 0 aromatic heterocycles. The van der Waals surface area contributed by atoms with Gasteiger partial charge in [0.15, 0.2) is 19.8 Å². The zero-order chi connectivity index (χ0) is 46.1. The van der Waals surface area contributed by atoms with Crippen LogP contribution < -0.4 is 18.9 Å². The van der Waals surface area contributed by atoms with Crippen LogP contribution in [0, 0.1) is 5.41 Å². The Morgan fingerprint density at radius 1 is 0.742 bits per heavy atom. The van der Waals surface area contributed by atoms with Crippen molar-refractivity contribution in [3.05, 3.63) is 82.9 Å². The van der Waals surface area contributed by atoms with Gasteiger partial charge in [-0.25, -0.2) is 0 Å². The van der Waals surface area contributed by atoms with Gasteiger partial charge in [0.25, 0.3) is 0 Å². The lowest BCUT2D eigenvalue weighted by molar-refractivity contribution is -0.146. The highest BCUT2D eigenvalue weighted by Crippen LogP contribution is 2.52. The van der Waals surface area contributed by atoms with Gasteiger partial charge in [0.1, 0.15) is 18.1 Å². The molecule has 62 heavy (non-hydrogen) atoms.